The third kappa shape index (κ3) is 3.27. The largest absolute Gasteiger partial charge is 0.477 e. The topological polar surface area (TPSA) is 74.7 Å². The van der Waals surface area contributed by atoms with Crippen LogP contribution in [-0.4, -0.2) is 43.1 Å². The van der Waals surface area contributed by atoms with Gasteiger partial charge in [-0.25, -0.2) is 13.2 Å². The predicted molar refractivity (Wildman–Crippen MR) is 68.8 cm³/mol. The molecular weight excluding hydrogens is 331 g/mol. The predicted octanol–water partition coefficient (Wildman–Crippen LogP) is 2.33. The van der Waals surface area contributed by atoms with E-state index in [1.165, 1.54) is 5.38 Å². The molecule has 21 heavy (non-hydrogen) atoms. The van der Waals surface area contributed by atoms with Crippen molar-refractivity contribution in [1.82, 2.24) is 4.31 Å². The first-order valence-corrected chi connectivity index (χ1v) is 8.02. The lowest BCUT2D eigenvalue weighted by atomic mass is 10.1. The minimum absolute atomic E-state index is 0.142. The first-order chi connectivity index (χ1) is 9.62. The summed E-state index contributed by atoms with van der Waals surface area (Å²) in [5, 5.41) is 9.93. The third-order valence-electron chi connectivity index (χ3n) is 2.96. The van der Waals surface area contributed by atoms with Gasteiger partial charge in [0.05, 0.1) is 4.90 Å². The first-order valence-electron chi connectivity index (χ1n) is 5.70. The highest BCUT2D eigenvalue weighted by Gasteiger charge is 2.37. The number of alkyl halides is 3. The summed E-state index contributed by atoms with van der Waals surface area (Å²) in [4.78, 5) is 10.4. The highest BCUT2D eigenvalue weighted by molar-refractivity contribution is 7.89. The first kappa shape index (κ1) is 16.0. The molecule has 2 heterocycles. The number of sulfonamides is 1. The lowest BCUT2D eigenvalue weighted by Crippen LogP contribution is -2.36. The fraction of sp³-hybridized carbons (Fsp3) is 0.364. The number of halogens is 3. The van der Waals surface area contributed by atoms with E-state index in [4.69, 9.17) is 5.11 Å². The quantitative estimate of drug-likeness (QED) is 0.856. The highest BCUT2D eigenvalue weighted by Crippen LogP contribution is 2.32. The minimum Gasteiger partial charge on any atom is -0.477 e. The Bertz CT molecular complexity index is 691. The molecule has 10 heteroatoms. The van der Waals surface area contributed by atoms with Crippen molar-refractivity contribution in [3.05, 3.63) is 28.0 Å². The maximum atomic E-state index is 12.5. The average molecular weight is 341 g/mol. The molecule has 0 saturated heterocycles. The SMILES string of the molecule is O=C(O)c1cc(S(=O)(=O)N2CC=C(C(F)(F)F)CC2)cs1. The molecule has 0 unspecified atom stereocenters. The molecule has 1 aromatic rings. The minimum atomic E-state index is -4.45. The van der Waals surface area contributed by atoms with Gasteiger partial charge in [-0.1, -0.05) is 6.08 Å². The van der Waals surface area contributed by atoms with Crippen LogP contribution in [0.15, 0.2) is 28.0 Å². The summed E-state index contributed by atoms with van der Waals surface area (Å²) in [6.45, 7) is -0.665. The van der Waals surface area contributed by atoms with Gasteiger partial charge in [-0.05, 0) is 12.5 Å². The van der Waals surface area contributed by atoms with Crippen molar-refractivity contribution in [3.63, 3.8) is 0 Å². The Morgan fingerprint density at radius 2 is 2.05 bits per heavy atom. The monoisotopic (exact) mass is 341 g/mol. The van der Waals surface area contributed by atoms with Gasteiger partial charge >= 0.3 is 12.1 Å². The highest BCUT2D eigenvalue weighted by atomic mass is 32.2. The van der Waals surface area contributed by atoms with E-state index in [0.29, 0.717) is 0 Å². The molecule has 0 atom stereocenters. The molecule has 0 amide bonds. The van der Waals surface area contributed by atoms with Crippen molar-refractivity contribution in [2.75, 3.05) is 13.1 Å². The molecule has 0 aliphatic carbocycles. The van der Waals surface area contributed by atoms with Gasteiger partial charge in [0.25, 0.3) is 0 Å². The second-order valence-electron chi connectivity index (χ2n) is 4.29. The number of carboxylic acids is 1. The summed E-state index contributed by atoms with van der Waals surface area (Å²) < 4.78 is 62.8. The van der Waals surface area contributed by atoms with Crippen LogP contribution >= 0.6 is 11.3 Å². The molecule has 0 bridgehead atoms. The summed E-state index contributed by atoms with van der Waals surface area (Å²) in [7, 11) is -3.98. The Hall–Kier alpha value is -1.39. The number of hydrogen-bond acceptors (Lipinski definition) is 4. The molecule has 0 aromatic carbocycles. The van der Waals surface area contributed by atoms with Gasteiger partial charge < -0.3 is 5.11 Å². The van der Waals surface area contributed by atoms with Gasteiger partial charge in [-0.15, -0.1) is 11.3 Å². The van der Waals surface area contributed by atoms with E-state index in [1.54, 1.807) is 0 Å². The Labute approximate surface area is 122 Å². The molecule has 116 valence electrons. The van der Waals surface area contributed by atoms with Crippen molar-refractivity contribution < 1.29 is 31.5 Å². The lowest BCUT2D eigenvalue weighted by Gasteiger charge is -2.26. The maximum absolute atomic E-state index is 12.5. The normalized spacial score (nSPS) is 17.6. The lowest BCUT2D eigenvalue weighted by molar-refractivity contribution is -0.0953. The summed E-state index contributed by atoms with van der Waals surface area (Å²) in [6, 6.07) is 1.01. The van der Waals surface area contributed by atoms with Crippen molar-refractivity contribution in [2.24, 2.45) is 0 Å². The van der Waals surface area contributed by atoms with E-state index in [9.17, 15) is 26.4 Å². The third-order valence-corrected chi connectivity index (χ3v) is 5.87. The number of hydrogen-bond donors (Lipinski definition) is 1. The van der Waals surface area contributed by atoms with E-state index in [2.05, 4.69) is 0 Å². The molecule has 1 aromatic heterocycles. The molecule has 0 fully saturated rings. The average Bonchev–Trinajstić information content (AvgIpc) is 2.88. The molecular formula is C11H10F3NO4S2. The van der Waals surface area contributed by atoms with Crippen molar-refractivity contribution in [1.29, 1.82) is 0 Å². The molecule has 1 aliphatic rings. The van der Waals surface area contributed by atoms with Crippen molar-refractivity contribution >= 4 is 27.3 Å². The zero-order chi connectivity index (χ0) is 15.8. The number of nitrogens with zero attached hydrogens (tertiary/aromatic N) is 1. The van der Waals surface area contributed by atoms with E-state index in [0.717, 1.165) is 27.8 Å². The zero-order valence-electron chi connectivity index (χ0n) is 10.4. The maximum Gasteiger partial charge on any atom is 0.412 e. The Balaban J connectivity index is 2.22. The van der Waals surface area contributed by atoms with Crippen LogP contribution in [0.1, 0.15) is 16.1 Å². The summed E-state index contributed by atoms with van der Waals surface area (Å²) in [5.41, 5.74) is -0.745. The molecule has 0 radical (unpaired) electrons. The van der Waals surface area contributed by atoms with E-state index in [1.807, 2.05) is 0 Å². The molecule has 0 spiro atoms. The summed E-state index contributed by atoms with van der Waals surface area (Å²) in [6.07, 6.45) is -4.03. The second kappa shape index (κ2) is 5.43. The Morgan fingerprint density at radius 1 is 1.38 bits per heavy atom. The summed E-state index contributed by atoms with van der Waals surface area (Å²) in [5.74, 6) is -1.25. The molecule has 1 aliphatic heterocycles. The second-order valence-corrected chi connectivity index (χ2v) is 7.14. The van der Waals surface area contributed by atoms with Gasteiger partial charge in [0.1, 0.15) is 4.88 Å². The molecule has 2 rings (SSSR count). The van der Waals surface area contributed by atoms with Gasteiger partial charge in [0.2, 0.25) is 10.0 Å². The summed E-state index contributed by atoms with van der Waals surface area (Å²) >= 11 is 0.753. The fourth-order valence-corrected chi connectivity index (χ4v) is 4.32. The van der Waals surface area contributed by atoms with Crippen LogP contribution < -0.4 is 0 Å². The number of aromatic carboxylic acids is 1. The van der Waals surface area contributed by atoms with Crippen molar-refractivity contribution in [3.8, 4) is 0 Å². The molecule has 0 saturated carbocycles. The van der Waals surface area contributed by atoms with E-state index in [-0.39, 0.29) is 22.9 Å². The van der Waals surface area contributed by atoms with Crippen LogP contribution in [0.3, 0.4) is 0 Å². The zero-order valence-corrected chi connectivity index (χ0v) is 12.1. The number of thiophene rings is 1. The number of carboxylic acid groups (broad SMARTS) is 1. The standard InChI is InChI=1S/C11H10F3NO4S2/c12-11(13,14)7-1-3-15(4-2-7)21(18,19)8-5-9(10(16)17)20-6-8/h1,5-6H,2-4H2,(H,16,17). The van der Waals surface area contributed by atoms with Crippen LogP contribution in [0.5, 0.6) is 0 Å². The van der Waals surface area contributed by atoms with Crippen LogP contribution in [0, 0.1) is 0 Å². The van der Waals surface area contributed by atoms with Crippen LogP contribution in [0.25, 0.3) is 0 Å². The fourth-order valence-electron chi connectivity index (χ4n) is 1.84. The number of carbonyl (C=O) groups is 1. The van der Waals surface area contributed by atoms with Gasteiger partial charge in [-0.3, -0.25) is 0 Å². The van der Waals surface area contributed by atoms with Crippen LogP contribution in [-0.2, 0) is 10.0 Å². The van der Waals surface area contributed by atoms with Gasteiger partial charge in [0.15, 0.2) is 0 Å². The van der Waals surface area contributed by atoms with Crippen molar-refractivity contribution in [2.45, 2.75) is 17.5 Å². The number of rotatable bonds is 3. The molecule has 5 nitrogen and oxygen atoms in total. The van der Waals surface area contributed by atoms with Gasteiger partial charge in [-0.2, -0.15) is 17.5 Å². The Morgan fingerprint density at radius 3 is 2.48 bits per heavy atom. The van der Waals surface area contributed by atoms with Gasteiger partial charge in [0, 0.05) is 24.0 Å². The van der Waals surface area contributed by atoms with Crippen LogP contribution in [0.4, 0.5) is 13.2 Å². The smallest absolute Gasteiger partial charge is 0.412 e. The Kier molecular flexibility index (Phi) is 4.13. The van der Waals surface area contributed by atoms with E-state index < -0.39 is 34.2 Å². The van der Waals surface area contributed by atoms with Crippen LogP contribution in [0.2, 0.25) is 0 Å². The van der Waals surface area contributed by atoms with E-state index >= 15 is 0 Å². The molecule has 1 N–H and O–H groups in total.